The normalized spacial score (nSPS) is 22.3. The van der Waals surface area contributed by atoms with E-state index in [4.69, 9.17) is 22.4 Å². The Hall–Kier alpha value is -1.63. The molecule has 7 heteroatoms. The van der Waals surface area contributed by atoms with Gasteiger partial charge in [0.05, 0.1) is 11.9 Å². The fourth-order valence-electron chi connectivity index (χ4n) is 2.95. The number of anilines is 1. The fourth-order valence-corrected chi connectivity index (χ4v) is 3.15. The number of likely N-dealkylation sites (N-methyl/N-ethyl adjacent to an activating group) is 1. The number of hydrogen-bond donors (Lipinski definition) is 1. The highest BCUT2D eigenvalue weighted by Crippen LogP contribution is 2.06. The highest BCUT2D eigenvalue weighted by atomic mass is 35.5. The summed E-state index contributed by atoms with van der Waals surface area (Å²) < 4.78 is 0. The molecule has 1 aromatic heterocycles. The van der Waals surface area contributed by atoms with E-state index in [9.17, 15) is 0 Å². The van der Waals surface area contributed by atoms with Crippen LogP contribution in [0.1, 0.15) is 0 Å². The van der Waals surface area contributed by atoms with E-state index in [-0.39, 0.29) is 5.38 Å². The van der Waals surface area contributed by atoms with Crippen molar-refractivity contribution in [1.29, 1.82) is 0 Å². The summed E-state index contributed by atoms with van der Waals surface area (Å²) in [5.41, 5.74) is 0.733. The summed E-state index contributed by atoms with van der Waals surface area (Å²) >= 11 is 6.24. The number of hydrazine groups is 1. The van der Waals surface area contributed by atoms with Crippen LogP contribution < -0.4 is 31.9 Å². The van der Waals surface area contributed by atoms with Crippen molar-refractivity contribution < 1.29 is 0 Å². The third-order valence-corrected chi connectivity index (χ3v) is 4.50. The molecular weight excluding hydrogens is 312 g/mol. The Bertz CT molecular complexity index is 810. The number of hydrogen-bond acceptors (Lipinski definition) is 6. The molecule has 1 atom stereocenters. The van der Waals surface area contributed by atoms with Gasteiger partial charge in [0, 0.05) is 55.1 Å². The van der Waals surface area contributed by atoms with Gasteiger partial charge in [0.2, 0.25) is 0 Å². The second kappa shape index (κ2) is 6.47. The van der Waals surface area contributed by atoms with E-state index >= 15 is 0 Å². The molecule has 0 bridgehead atoms. The Balaban J connectivity index is 2.21. The first-order valence-electron chi connectivity index (χ1n) is 7.78. The average Bonchev–Trinajstić information content (AvgIpc) is 2.51. The predicted molar refractivity (Wildman–Crippen MR) is 94.9 cm³/mol. The van der Waals surface area contributed by atoms with Crippen molar-refractivity contribution in [3.05, 3.63) is 21.1 Å². The summed E-state index contributed by atoms with van der Waals surface area (Å²) in [5, 5.41) is 4.17. The van der Waals surface area contributed by atoms with Gasteiger partial charge in [-0.15, -0.1) is 11.6 Å². The molecule has 0 aromatic carbocycles. The predicted octanol–water partition coefficient (Wildman–Crippen LogP) is -2.19. The smallest absolute Gasteiger partial charge is 0.157 e. The van der Waals surface area contributed by atoms with Gasteiger partial charge < -0.3 is 14.8 Å². The second-order valence-electron chi connectivity index (χ2n) is 6.17. The number of halogens is 1. The molecule has 2 N–H and O–H groups in total. The molecule has 23 heavy (non-hydrogen) atoms. The zero-order valence-electron chi connectivity index (χ0n) is 13.7. The van der Waals surface area contributed by atoms with Crippen LogP contribution in [0, 0.1) is 0 Å². The van der Waals surface area contributed by atoms with Gasteiger partial charge in [0.1, 0.15) is 5.82 Å². The zero-order chi connectivity index (χ0) is 16.6. The van der Waals surface area contributed by atoms with Crippen LogP contribution in [0.5, 0.6) is 0 Å². The van der Waals surface area contributed by atoms with Crippen molar-refractivity contribution >= 4 is 36.3 Å². The summed E-state index contributed by atoms with van der Waals surface area (Å²) in [6.45, 7) is 8.72. The number of nitrogens with two attached hydrogens (primary N) is 1. The highest BCUT2D eigenvalue weighted by Gasteiger charge is 2.18. The lowest BCUT2D eigenvalue weighted by Gasteiger charge is -2.33. The number of alkyl halides is 1. The van der Waals surface area contributed by atoms with Gasteiger partial charge in [-0.1, -0.05) is 12.7 Å². The number of nitrogens with zero attached hydrogens (tertiary/aromatic N) is 5. The van der Waals surface area contributed by atoms with Crippen molar-refractivity contribution in [3.63, 3.8) is 0 Å². The molecule has 3 heterocycles. The maximum absolute atomic E-state index is 6.24. The van der Waals surface area contributed by atoms with Gasteiger partial charge >= 0.3 is 0 Å². The Morgan fingerprint density at radius 2 is 2.09 bits per heavy atom. The molecule has 0 saturated carbocycles. The van der Waals surface area contributed by atoms with Crippen molar-refractivity contribution in [3.8, 4) is 0 Å². The maximum atomic E-state index is 6.24. The van der Waals surface area contributed by atoms with E-state index in [1.807, 2.05) is 12.3 Å². The van der Waals surface area contributed by atoms with Crippen LogP contribution in [0.2, 0.25) is 0 Å². The lowest BCUT2D eigenvalue weighted by atomic mass is 10.1. The van der Waals surface area contributed by atoms with Crippen molar-refractivity contribution in [1.82, 2.24) is 14.9 Å². The van der Waals surface area contributed by atoms with E-state index in [1.165, 1.54) is 5.01 Å². The van der Waals surface area contributed by atoms with Gasteiger partial charge in [-0.2, -0.15) is 0 Å². The molecular formula is C16H23ClN6. The quantitative estimate of drug-likeness (QED) is 0.378. The van der Waals surface area contributed by atoms with Gasteiger partial charge in [-0.25, -0.2) is 10.8 Å². The second-order valence-corrected chi connectivity index (χ2v) is 6.73. The summed E-state index contributed by atoms with van der Waals surface area (Å²) in [6, 6.07) is 0. The Morgan fingerprint density at radius 3 is 2.74 bits per heavy atom. The topological polar surface area (TPSA) is 61.0 Å². The first-order chi connectivity index (χ1) is 11.0. The standard InChI is InChI=1S/C16H23ClN6/c1-11-14(10-22(3)18)13-8-12(17)9-19-15(13)20-16(11)23-6-4-21(2)5-7-23/h8,10,12H,1,4-7,9,18H2,2-3H3/b14-10+. The molecule has 3 rings (SSSR count). The summed E-state index contributed by atoms with van der Waals surface area (Å²) in [6.07, 6.45) is 3.86. The molecule has 124 valence electrons. The largest absolute Gasteiger partial charge is 0.353 e. The van der Waals surface area contributed by atoms with Crippen LogP contribution >= 0.6 is 11.6 Å². The molecule has 0 spiro atoms. The Labute approximate surface area is 140 Å². The minimum atomic E-state index is -0.117. The lowest BCUT2D eigenvalue weighted by molar-refractivity contribution is 0.311. The van der Waals surface area contributed by atoms with Crippen LogP contribution in [-0.2, 0) is 0 Å². The molecule has 1 unspecified atom stereocenters. The number of piperazine rings is 1. The van der Waals surface area contributed by atoms with Gasteiger partial charge in [-0.3, -0.25) is 4.99 Å². The van der Waals surface area contributed by atoms with Gasteiger partial charge in [-0.05, 0) is 7.05 Å². The number of rotatable bonds is 2. The monoisotopic (exact) mass is 334 g/mol. The Kier molecular flexibility index (Phi) is 4.57. The SMILES string of the molecule is C=c1c(N2CCN(C)CC2)nc2c(/c1=C/N(C)N)=CC(Cl)CN=2. The van der Waals surface area contributed by atoms with Crippen molar-refractivity contribution in [2.75, 3.05) is 51.7 Å². The van der Waals surface area contributed by atoms with Crippen molar-refractivity contribution in [2.45, 2.75) is 5.38 Å². The first kappa shape index (κ1) is 16.2. The summed E-state index contributed by atoms with van der Waals surface area (Å²) in [7, 11) is 3.93. The summed E-state index contributed by atoms with van der Waals surface area (Å²) in [4.78, 5) is 13.9. The third-order valence-electron chi connectivity index (χ3n) is 4.24. The summed E-state index contributed by atoms with van der Waals surface area (Å²) in [5.74, 6) is 6.74. The number of aromatic nitrogens is 1. The van der Waals surface area contributed by atoms with Crippen molar-refractivity contribution in [2.24, 2.45) is 10.8 Å². The maximum Gasteiger partial charge on any atom is 0.157 e. The lowest BCUT2D eigenvalue weighted by Crippen LogP contribution is -2.56. The molecule has 1 fully saturated rings. The van der Waals surface area contributed by atoms with Crippen LogP contribution in [0.3, 0.4) is 0 Å². The molecule has 0 aliphatic carbocycles. The fraction of sp³-hybridized carbons (Fsp3) is 0.500. The molecule has 2 aliphatic rings. The van der Waals surface area contributed by atoms with Gasteiger partial charge in [0.25, 0.3) is 0 Å². The van der Waals surface area contributed by atoms with Crippen LogP contribution in [-0.4, -0.2) is 67.1 Å². The minimum absolute atomic E-state index is 0.117. The van der Waals surface area contributed by atoms with E-state index in [1.54, 1.807) is 7.05 Å². The Morgan fingerprint density at radius 1 is 1.39 bits per heavy atom. The van der Waals surface area contributed by atoms with Gasteiger partial charge in [0.15, 0.2) is 5.49 Å². The molecule has 6 nitrogen and oxygen atoms in total. The molecule has 1 saturated heterocycles. The highest BCUT2D eigenvalue weighted by molar-refractivity contribution is 6.24. The van der Waals surface area contributed by atoms with E-state index in [0.29, 0.717) is 6.54 Å². The molecule has 0 amide bonds. The average molecular weight is 335 g/mol. The zero-order valence-corrected chi connectivity index (χ0v) is 14.4. The first-order valence-corrected chi connectivity index (χ1v) is 8.21. The van der Waals surface area contributed by atoms with E-state index in [2.05, 4.69) is 28.4 Å². The molecule has 0 radical (unpaired) electrons. The van der Waals surface area contributed by atoms with E-state index < -0.39 is 0 Å². The van der Waals surface area contributed by atoms with Crippen LogP contribution in [0.4, 0.5) is 5.82 Å². The van der Waals surface area contributed by atoms with E-state index in [0.717, 1.165) is 53.1 Å². The van der Waals surface area contributed by atoms with Crippen LogP contribution in [0.15, 0.2) is 4.99 Å². The number of fused-ring (bicyclic) bond motifs is 1. The molecule has 2 aliphatic heterocycles. The minimum Gasteiger partial charge on any atom is -0.353 e. The third kappa shape index (κ3) is 3.34. The van der Waals surface area contributed by atoms with Crippen LogP contribution in [0.25, 0.3) is 18.9 Å². The number of pyridine rings is 1. The molecule has 1 aromatic rings.